The molecular formula is C14H18N2O5. The Morgan fingerprint density at radius 1 is 1.38 bits per heavy atom. The van der Waals surface area contributed by atoms with Gasteiger partial charge in [-0.15, -0.1) is 0 Å². The van der Waals surface area contributed by atoms with Crippen LogP contribution in [0.25, 0.3) is 0 Å². The third-order valence-electron chi connectivity index (χ3n) is 2.23. The summed E-state index contributed by atoms with van der Waals surface area (Å²) in [7, 11) is 0. The minimum Gasteiger partial charge on any atom is -0.474 e. The first kappa shape index (κ1) is 16.6. The Morgan fingerprint density at radius 2 is 2.05 bits per heavy atom. The van der Waals surface area contributed by atoms with Gasteiger partial charge in [-0.1, -0.05) is 12.1 Å². The van der Waals surface area contributed by atoms with Gasteiger partial charge in [-0.25, -0.2) is 9.86 Å². The summed E-state index contributed by atoms with van der Waals surface area (Å²) in [5, 5.41) is 11.9. The summed E-state index contributed by atoms with van der Waals surface area (Å²) in [6.07, 6.45) is 0.563. The van der Waals surface area contributed by atoms with E-state index in [4.69, 9.17) is 9.94 Å². The summed E-state index contributed by atoms with van der Waals surface area (Å²) < 4.78 is 0. The zero-order valence-electron chi connectivity index (χ0n) is 12.1. The molecule has 0 saturated carbocycles. The second-order valence-electron chi connectivity index (χ2n) is 5.34. The fourth-order valence-electron chi connectivity index (χ4n) is 1.55. The quantitative estimate of drug-likeness (QED) is 0.486. The Morgan fingerprint density at radius 3 is 2.57 bits per heavy atom. The number of benzene rings is 1. The van der Waals surface area contributed by atoms with E-state index in [1.165, 1.54) is 0 Å². The molecule has 0 radical (unpaired) electrons. The molecular weight excluding hydrogens is 276 g/mol. The monoisotopic (exact) mass is 294 g/mol. The second kappa shape index (κ2) is 6.85. The van der Waals surface area contributed by atoms with Crippen molar-refractivity contribution in [2.45, 2.75) is 32.9 Å². The molecule has 0 atom stereocenters. The average molecular weight is 294 g/mol. The number of nitrogens with one attached hydrogen (secondary N) is 1. The Kier molecular flexibility index (Phi) is 5.43. The van der Waals surface area contributed by atoms with E-state index in [-0.39, 0.29) is 6.54 Å². The molecule has 0 aliphatic rings. The van der Waals surface area contributed by atoms with Crippen LogP contribution in [0.2, 0.25) is 0 Å². The molecule has 7 heteroatoms. The predicted octanol–water partition coefficient (Wildman–Crippen LogP) is 1.40. The number of carbonyl (C=O) groups is 3. The van der Waals surface area contributed by atoms with Gasteiger partial charge < -0.3 is 10.4 Å². The van der Waals surface area contributed by atoms with Crippen LogP contribution in [0, 0.1) is 0 Å². The van der Waals surface area contributed by atoms with E-state index in [1.807, 2.05) is 20.8 Å². The summed E-state index contributed by atoms with van der Waals surface area (Å²) >= 11 is 0. The highest BCUT2D eigenvalue weighted by Crippen LogP contribution is 2.15. The number of hydrogen-bond acceptors (Lipinski definition) is 4. The number of carbonyl (C=O) groups excluding carboxylic acids is 2. The van der Waals surface area contributed by atoms with Crippen molar-refractivity contribution < 1.29 is 24.3 Å². The molecule has 0 aliphatic heterocycles. The summed E-state index contributed by atoms with van der Waals surface area (Å²) in [4.78, 5) is 38.0. The van der Waals surface area contributed by atoms with E-state index < -0.39 is 17.5 Å². The smallest absolute Gasteiger partial charge is 0.394 e. The standard InChI is InChI=1S/C14H18N2O5/c1-14(2,3)21-16(9-17)8-10-5-4-6-11(7-10)15-12(18)13(19)20/h4-7,9H,8H2,1-3H3,(H,15,18)(H,19,20). The van der Waals surface area contributed by atoms with E-state index in [2.05, 4.69) is 5.32 Å². The van der Waals surface area contributed by atoms with Gasteiger partial charge in [-0.2, -0.15) is 0 Å². The van der Waals surface area contributed by atoms with Crippen molar-refractivity contribution in [2.75, 3.05) is 5.32 Å². The predicted molar refractivity (Wildman–Crippen MR) is 75.2 cm³/mol. The molecule has 1 aromatic rings. The van der Waals surface area contributed by atoms with Crippen molar-refractivity contribution >= 4 is 24.0 Å². The van der Waals surface area contributed by atoms with Crippen LogP contribution in [0.4, 0.5) is 5.69 Å². The van der Waals surface area contributed by atoms with E-state index in [0.717, 1.165) is 5.06 Å². The van der Waals surface area contributed by atoms with Gasteiger partial charge in [0.15, 0.2) is 0 Å². The molecule has 1 aromatic carbocycles. The van der Waals surface area contributed by atoms with Crippen molar-refractivity contribution in [3.8, 4) is 0 Å². The highest BCUT2D eigenvalue weighted by Gasteiger charge is 2.17. The fourth-order valence-corrected chi connectivity index (χ4v) is 1.55. The van der Waals surface area contributed by atoms with Gasteiger partial charge in [0, 0.05) is 5.69 Å². The van der Waals surface area contributed by atoms with Crippen LogP contribution in [0.1, 0.15) is 26.3 Å². The van der Waals surface area contributed by atoms with Gasteiger partial charge in [-0.3, -0.25) is 14.4 Å². The Hall–Kier alpha value is -2.41. The largest absolute Gasteiger partial charge is 0.474 e. The maximum Gasteiger partial charge on any atom is 0.394 e. The highest BCUT2D eigenvalue weighted by atomic mass is 16.7. The molecule has 0 saturated heterocycles. The average Bonchev–Trinajstić information content (AvgIpc) is 2.36. The molecule has 2 N–H and O–H groups in total. The Bertz CT molecular complexity index is 536. The summed E-state index contributed by atoms with van der Waals surface area (Å²) in [6.45, 7) is 5.62. The van der Waals surface area contributed by atoms with Crippen molar-refractivity contribution in [3.05, 3.63) is 29.8 Å². The van der Waals surface area contributed by atoms with Gasteiger partial charge in [0.05, 0.1) is 12.1 Å². The molecule has 114 valence electrons. The molecule has 0 heterocycles. The third kappa shape index (κ3) is 6.05. The molecule has 7 nitrogen and oxygen atoms in total. The van der Waals surface area contributed by atoms with E-state index in [9.17, 15) is 14.4 Å². The number of aliphatic carboxylic acids is 1. The second-order valence-corrected chi connectivity index (χ2v) is 5.34. The van der Waals surface area contributed by atoms with E-state index >= 15 is 0 Å². The van der Waals surface area contributed by atoms with Gasteiger partial charge in [0.25, 0.3) is 0 Å². The number of hydroxylamine groups is 2. The zero-order chi connectivity index (χ0) is 16.0. The van der Waals surface area contributed by atoms with Crippen LogP contribution in [0.15, 0.2) is 24.3 Å². The van der Waals surface area contributed by atoms with Crippen LogP contribution < -0.4 is 5.32 Å². The topological polar surface area (TPSA) is 95.9 Å². The number of carboxylic acid groups (broad SMARTS) is 1. The SMILES string of the molecule is CC(C)(C)ON(C=O)Cc1cccc(NC(=O)C(=O)O)c1. The van der Waals surface area contributed by atoms with Gasteiger partial charge in [-0.05, 0) is 38.5 Å². The fraction of sp³-hybridized carbons (Fsp3) is 0.357. The highest BCUT2D eigenvalue weighted by molar-refractivity contribution is 6.36. The first-order valence-electron chi connectivity index (χ1n) is 6.25. The first-order chi connectivity index (χ1) is 9.71. The molecule has 0 aromatic heterocycles. The maximum absolute atomic E-state index is 11.1. The number of nitrogens with zero attached hydrogens (tertiary/aromatic N) is 1. The van der Waals surface area contributed by atoms with Crippen LogP contribution in [0.3, 0.4) is 0 Å². The molecule has 2 amide bonds. The summed E-state index contributed by atoms with van der Waals surface area (Å²) in [6, 6.07) is 6.51. The van der Waals surface area contributed by atoms with Gasteiger partial charge in [0.2, 0.25) is 6.41 Å². The molecule has 0 fully saturated rings. The van der Waals surface area contributed by atoms with Crippen molar-refractivity contribution in [1.29, 1.82) is 0 Å². The molecule has 21 heavy (non-hydrogen) atoms. The Balaban J connectivity index is 2.77. The molecule has 0 aliphatic carbocycles. The number of hydrogen-bond donors (Lipinski definition) is 2. The van der Waals surface area contributed by atoms with Crippen molar-refractivity contribution in [2.24, 2.45) is 0 Å². The first-order valence-corrected chi connectivity index (χ1v) is 6.25. The number of amides is 2. The summed E-state index contributed by atoms with van der Waals surface area (Å²) in [5.41, 5.74) is 0.506. The van der Waals surface area contributed by atoms with Crippen LogP contribution in [0.5, 0.6) is 0 Å². The normalized spacial score (nSPS) is 10.8. The lowest BCUT2D eigenvalue weighted by atomic mass is 10.2. The zero-order valence-corrected chi connectivity index (χ0v) is 12.1. The van der Waals surface area contributed by atoms with E-state index in [1.54, 1.807) is 24.3 Å². The maximum atomic E-state index is 11.1. The van der Waals surface area contributed by atoms with Gasteiger partial charge >= 0.3 is 11.9 Å². The minimum atomic E-state index is -1.56. The lowest BCUT2D eigenvalue weighted by Gasteiger charge is -2.26. The summed E-state index contributed by atoms with van der Waals surface area (Å²) in [5.74, 6) is -2.68. The molecule has 0 bridgehead atoms. The Labute approximate surface area is 122 Å². The number of carboxylic acids is 1. The molecule has 0 unspecified atom stereocenters. The van der Waals surface area contributed by atoms with Crippen LogP contribution in [-0.2, 0) is 25.8 Å². The number of anilines is 1. The third-order valence-corrected chi connectivity index (χ3v) is 2.23. The van der Waals surface area contributed by atoms with Crippen LogP contribution >= 0.6 is 0 Å². The van der Waals surface area contributed by atoms with E-state index in [0.29, 0.717) is 17.7 Å². The lowest BCUT2D eigenvalue weighted by molar-refractivity contribution is -0.220. The van der Waals surface area contributed by atoms with Crippen LogP contribution in [-0.4, -0.2) is 34.1 Å². The molecule has 0 spiro atoms. The molecule has 1 rings (SSSR count). The number of rotatable bonds is 5. The minimum absolute atomic E-state index is 0.178. The van der Waals surface area contributed by atoms with Gasteiger partial charge in [0.1, 0.15) is 0 Å². The van der Waals surface area contributed by atoms with Crippen molar-refractivity contribution in [3.63, 3.8) is 0 Å². The van der Waals surface area contributed by atoms with Crippen molar-refractivity contribution in [1.82, 2.24) is 5.06 Å². The lowest BCUT2D eigenvalue weighted by Crippen LogP contribution is -2.32.